The summed E-state index contributed by atoms with van der Waals surface area (Å²) in [4.78, 5) is 8.40. The number of rotatable bonds is 6. The molecule has 140 valence electrons. The van der Waals surface area contributed by atoms with Crippen LogP contribution in [0.2, 0.25) is 0 Å². The molecular weight excluding hydrogens is 492 g/mol. The molecule has 0 atom stereocenters. The molecule has 3 aromatic rings. The van der Waals surface area contributed by atoms with Crippen molar-refractivity contribution < 1.29 is 17.9 Å². The van der Waals surface area contributed by atoms with Crippen molar-refractivity contribution in [2.24, 2.45) is 0 Å². The first-order chi connectivity index (χ1) is 12.9. The summed E-state index contributed by atoms with van der Waals surface area (Å²) in [6.45, 7) is 0. The van der Waals surface area contributed by atoms with Crippen LogP contribution in [0.25, 0.3) is 11.3 Å². The maximum Gasteiger partial charge on any atom is 0.573 e. The van der Waals surface area contributed by atoms with Gasteiger partial charge < -0.3 is 14.8 Å². The normalized spacial score (nSPS) is 11.1. The Kier molecular flexibility index (Phi) is 6.26. The van der Waals surface area contributed by atoms with Crippen molar-refractivity contribution in [3.63, 3.8) is 0 Å². The van der Waals surface area contributed by atoms with Crippen LogP contribution in [0.3, 0.4) is 0 Å². The lowest BCUT2D eigenvalue weighted by molar-refractivity contribution is -0.274. The van der Waals surface area contributed by atoms with E-state index < -0.39 is 6.36 Å². The van der Waals surface area contributed by atoms with E-state index in [-0.39, 0.29) is 5.75 Å². The maximum atomic E-state index is 12.2. The molecule has 1 heterocycles. The van der Waals surface area contributed by atoms with Gasteiger partial charge in [-0.3, -0.25) is 0 Å². The van der Waals surface area contributed by atoms with Gasteiger partial charge in [0.2, 0.25) is 0 Å². The molecule has 0 aliphatic rings. The smallest absolute Gasteiger partial charge is 0.406 e. The summed E-state index contributed by atoms with van der Waals surface area (Å²) in [5, 5.41) is 3.03. The molecule has 0 bridgehead atoms. The van der Waals surface area contributed by atoms with Crippen molar-refractivity contribution in [3.05, 3.63) is 60.9 Å². The molecule has 0 amide bonds. The van der Waals surface area contributed by atoms with Crippen LogP contribution < -0.4 is 14.8 Å². The Morgan fingerprint density at radius 3 is 2.22 bits per heavy atom. The number of hydrogen-bond donors (Lipinski definition) is 2. The van der Waals surface area contributed by atoms with Crippen molar-refractivity contribution in [2.75, 3.05) is 10.0 Å². The minimum absolute atomic E-state index is 0.283. The highest BCUT2D eigenvalue weighted by Gasteiger charge is 2.30. The van der Waals surface area contributed by atoms with Gasteiger partial charge in [0.05, 0.1) is 5.69 Å². The Morgan fingerprint density at radius 2 is 1.59 bits per heavy atom. The lowest BCUT2D eigenvalue weighted by atomic mass is 10.1. The number of nitrogens with zero attached hydrogens (tertiary/aromatic N) is 2. The lowest BCUT2D eigenvalue weighted by Crippen LogP contribution is -2.16. The topological polar surface area (TPSA) is 59.1 Å². The minimum atomic E-state index is -4.71. The minimum Gasteiger partial charge on any atom is -0.406 e. The Balaban J connectivity index is 1.72. The van der Waals surface area contributed by atoms with E-state index in [1.807, 2.05) is 24.3 Å². The van der Waals surface area contributed by atoms with Crippen molar-refractivity contribution in [3.8, 4) is 17.0 Å². The molecule has 0 fully saturated rings. The molecule has 0 spiro atoms. The molecule has 0 aliphatic carbocycles. The number of anilines is 3. The van der Waals surface area contributed by atoms with Gasteiger partial charge in [0.25, 0.3) is 0 Å². The Labute approximate surface area is 169 Å². The maximum absolute atomic E-state index is 12.2. The van der Waals surface area contributed by atoms with E-state index in [0.29, 0.717) is 11.5 Å². The van der Waals surface area contributed by atoms with E-state index in [0.717, 1.165) is 16.9 Å². The van der Waals surface area contributed by atoms with E-state index in [1.165, 1.54) is 39.7 Å². The van der Waals surface area contributed by atoms with E-state index >= 15 is 0 Å². The van der Waals surface area contributed by atoms with Crippen LogP contribution in [0.4, 0.5) is 30.4 Å². The molecule has 0 aliphatic heterocycles. The Morgan fingerprint density at radius 1 is 0.926 bits per heavy atom. The summed E-state index contributed by atoms with van der Waals surface area (Å²) in [7, 11) is 1.48. The molecule has 5 nitrogen and oxygen atoms in total. The molecule has 10 heteroatoms. The second-order valence-corrected chi connectivity index (χ2v) is 6.92. The zero-order valence-electron chi connectivity index (χ0n) is 13.5. The van der Waals surface area contributed by atoms with Gasteiger partial charge in [-0.05, 0) is 36.4 Å². The quantitative estimate of drug-likeness (QED) is 0.308. The third-order valence-corrected chi connectivity index (χ3v) is 4.34. The number of halogens is 4. The molecule has 0 saturated carbocycles. The van der Waals surface area contributed by atoms with E-state index in [4.69, 9.17) is 0 Å². The van der Waals surface area contributed by atoms with Crippen LogP contribution in [0, 0.1) is 0 Å². The molecule has 27 heavy (non-hydrogen) atoms. The van der Waals surface area contributed by atoms with Crippen molar-refractivity contribution in [1.29, 1.82) is 0 Å². The highest BCUT2D eigenvalue weighted by atomic mass is 127. The molecule has 2 N–H and O–H groups in total. The van der Waals surface area contributed by atoms with E-state index in [9.17, 15) is 13.2 Å². The summed E-state index contributed by atoms with van der Waals surface area (Å²) in [5.74, 6) is 0.240. The summed E-state index contributed by atoms with van der Waals surface area (Å²) in [5.41, 5.74) is 3.19. The third-order valence-electron chi connectivity index (χ3n) is 3.36. The van der Waals surface area contributed by atoms with Gasteiger partial charge in [0, 0.05) is 53.3 Å². The highest BCUT2D eigenvalue weighted by Crippen LogP contribution is 2.27. The summed E-state index contributed by atoms with van der Waals surface area (Å²) in [6, 6.07) is 14.9. The van der Waals surface area contributed by atoms with Gasteiger partial charge in [-0.2, -0.15) is 0 Å². The Hall–Kier alpha value is -2.21. The van der Waals surface area contributed by atoms with E-state index in [2.05, 4.69) is 45.9 Å². The van der Waals surface area contributed by atoms with Gasteiger partial charge in [-0.1, -0.05) is 12.1 Å². The van der Waals surface area contributed by atoms with Gasteiger partial charge in [0.1, 0.15) is 17.9 Å². The first-order valence-corrected chi connectivity index (χ1v) is 10.9. The molecule has 3 rings (SSSR count). The second kappa shape index (κ2) is 8.65. The van der Waals surface area contributed by atoms with Crippen LogP contribution in [-0.4, -0.2) is 16.3 Å². The zero-order chi connectivity index (χ0) is 19.3. The molecule has 0 radical (unpaired) electrons. The molecule has 0 saturated heterocycles. The van der Waals surface area contributed by atoms with Crippen LogP contribution in [0.15, 0.2) is 60.9 Å². The highest BCUT2D eigenvalue weighted by molar-refractivity contribution is 14.2. The fraction of sp³-hybridized carbons (Fsp3) is 0.0588. The van der Waals surface area contributed by atoms with Crippen LogP contribution in [-0.2, 0) is 0 Å². The lowest BCUT2D eigenvalue weighted by Gasteiger charge is -2.10. The summed E-state index contributed by atoms with van der Waals surface area (Å²) < 4.78 is 43.6. The number of nitrogens with one attached hydrogen (secondary N) is 2. The number of benzene rings is 2. The van der Waals surface area contributed by atoms with Crippen LogP contribution >= 0.6 is 30.3 Å². The predicted octanol–water partition coefficient (Wildman–Crippen LogP) is 6.20. The average molecular weight is 504 g/mol. The average Bonchev–Trinajstić information content (AvgIpc) is 2.63. The third kappa shape index (κ3) is 5.89. The van der Waals surface area contributed by atoms with Gasteiger partial charge in [-0.25, -0.2) is 9.97 Å². The van der Waals surface area contributed by atoms with Gasteiger partial charge in [-0.15, -0.1) is 13.2 Å². The molecule has 1 aromatic heterocycles. The van der Waals surface area contributed by atoms with Crippen molar-refractivity contribution in [1.82, 2.24) is 9.97 Å². The first kappa shape index (κ1) is 19.5. The Bertz CT molecular complexity index is 892. The molecule has 0 unspecified atom stereocenters. The van der Waals surface area contributed by atoms with Crippen molar-refractivity contribution in [2.45, 2.75) is 6.36 Å². The number of aromatic nitrogens is 2. The molecular formula is C17H12F3IN4OS. The number of hydrogen-bond acceptors (Lipinski definition) is 6. The number of ether oxygens (including phenoxy) is 1. The predicted molar refractivity (Wildman–Crippen MR) is 109 cm³/mol. The zero-order valence-corrected chi connectivity index (χ0v) is 16.5. The standard InChI is InChI=1S/C17H12F3IN4OS/c18-17(19,20)26-14-7-5-12(6-8-14)24-16-9-15(22-10-23-16)11-1-3-13(4-2-11)25-27-21/h1-10,25H,(H,22,23,24). The van der Waals surface area contributed by atoms with Crippen LogP contribution in [0.1, 0.15) is 0 Å². The van der Waals surface area contributed by atoms with Gasteiger partial charge >= 0.3 is 6.36 Å². The van der Waals surface area contributed by atoms with E-state index in [1.54, 1.807) is 6.07 Å². The molecule has 2 aromatic carbocycles. The second-order valence-electron chi connectivity index (χ2n) is 5.24. The summed E-state index contributed by atoms with van der Waals surface area (Å²) >= 11 is 2.15. The fourth-order valence-corrected chi connectivity index (χ4v) is 3.21. The number of alkyl halides is 3. The summed E-state index contributed by atoms with van der Waals surface area (Å²) in [6.07, 6.45) is -3.29. The van der Waals surface area contributed by atoms with Crippen LogP contribution in [0.5, 0.6) is 5.75 Å². The van der Waals surface area contributed by atoms with Gasteiger partial charge in [0.15, 0.2) is 0 Å². The van der Waals surface area contributed by atoms with Crippen molar-refractivity contribution >= 4 is 47.5 Å². The monoisotopic (exact) mass is 504 g/mol. The SMILES string of the molecule is FC(F)(F)Oc1ccc(Nc2cc(-c3ccc(NSI)cc3)ncn2)cc1. The largest absolute Gasteiger partial charge is 0.573 e. The first-order valence-electron chi connectivity index (χ1n) is 7.52. The fourth-order valence-electron chi connectivity index (χ4n) is 2.22.